The van der Waals surface area contributed by atoms with E-state index in [0.717, 1.165) is 77.6 Å². The van der Waals surface area contributed by atoms with Crippen LogP contribution >= 0.6 is 0 Å². The lowest BCUT2D eigenvalue weighted by Crippen LogP contribution is -2.16. The number of benzene rings is 10. The van der Waals surface area contributed by atoms with Gasteiger partial charge in [0.15, 0.2) is 0 Å². The second-order valence-corrected chi connectivity index (χ2v) is 20.0. The standard InChI is InChI=1S/C66H47NO2/c1-65(2)56-19-8-5-13-49(56)50-35-33-46(39-59(50)65)67(45-31-25-41(26-32-45)47-16-12-22-62-63(47)54-15-7-10-21-61(54)68-62)44-29-23-40(24-30-44)42-28-36-57-55(37-42)51-34-27-43(38-58(51)66(57,3)4)48-17-11-18-53-52-14-6-9-20-60(52)69-64(48)53/h5-39H,1-4H3. The molecule has 0 radical (unpaired) electrons. The van der Waals surface area contributed by atoms with Gasteiger partial charge in [-0.3, -0.25) is 0 Å². The van der Waals surface area contributed by atoms with Crippen molar-refractivity contribution in [3.8, 4) is 55.6 Å². The first-order valence-corrected chi connectivity index (χ1v) is 24.1. The van der Waals surface area contributed by atoms with Crippen molar-refractivity contribution in [1.29, 1.82) is 0 Å². The van der Waals surface area contributed by atoms with Crippen LogP contribution in [0.15, 0.2) is 221 Å². The number of para-hydroxylation sites is 3. The highest BCUT2D eigenvalue weighted by atomic mass is 16.3. The molecule has 328 valence electrons. The lowest BCUT2D eigenvalue weighted by Gasteiger charge is -2.28. The van der Waals surface area contributed by atoms with E-state index in [9.17, 15) is 0 Å². The molecule has 0 saturated carbocycles. The largest absolute Gasteiger partial charge is 0.456 e. The van der Waals surface area contributed by atoms with Crippen LogP contribution in [0.25, 0.3) is 99.5 Å². The van der Waals surface area contributed by atoms with Gasteiger partial charge in [0.2, 0.25) is 0 Å². The molecule has 2 aliphatic rings. The molecular formula is C66H47NO2. The fraction of sp³-hybridized carbons (Fsp3) is 0.0909. The molecule has 0 N–H and O–H groups in total. The molecule has 0 unspecified atom stereocenters. The van der Waals surface area contributed by atoms with Gasteiger partial charge < -0.3 is 13.7 Å². The van der Waals surface area contributed by atoms with Crippen LogP contribution in [0, 0.1) is 0 Å². The fourth-order valence-corrected chi connectivity index (χ4v) is 12.0. The van der Waals surface area contributed by atoms with Crippen LogP contribution in [0.2, 0.25) is 0 Å². The van der Waals surface area contributed by atoms with Gasteiger partial charge in [-0.2, -0.15) is 0 Å². The molecule has 3 nitrogen and oxygen atoms in total. The summed E-state index contributed by atoms with van der Waals surface area (Å²) in [6, 6.07) is 77.6. The molecule has 69 heavy (non-hydrogen) atoms. The Morgan fingerprint density at radius 3 is 1.62 bits per heavy atom. The lowest BCUT2D eigenvalue weighted by atomic mass is 9.81. The zero-order valence-corrected chi connectivity index (χ0v) is 39.0. The van der Waals surface area contributed by atoms with Gasteiger partial charge in [-0.25, -0.2) is 0 Å². The van der Waals surface area contributed by atoms with Gasteiger partial charge in [0.25, 0.3) is 0 Å². The van der Waals surface area contributed by atoms with E-state index >= 15 is 0 Å². The predicted molar refractivity (Wildman–Crippen MR) is 287 cm³/mol. The highest BCUT2D eigenvalue weighted by Gasteiger charge is 2.37. The van der Waals surface area contributed by atoms with Gasteiger partial charge in [-0.1, -0.05) is 173 Å². The van der Waals surface area contributed by atoms with E-state index in [1.165, 1.54) is 61.2 Å². The van der Waals surface area contributed by atoms with Gasteiger partial charge in [0.05, 0.1) is 0 Å². The first-order chi connectivity index (χ1) is 33.7. The summed E-state index contributed by atoms with van der Waals surface area (Å²) < 4.78 is 12.8. The summed E-state index contributed by atoms with van der Waals surface area (Å²) in [5.41, 5.74) is 24.3. The van der Waals surface area contributed by atoms with Gasteiger partial charge in [-0.05, 0) is 139 Å². The van der Waals surface area contributed by atoms with Gasteiger partial charge in [0, 0.05) is 55.0 Å². The summed E-state index contributed by atoms with van der Waals surface area (Å²) in [5, 5.41) is 4.58. The zero-order valence-electron chi connectivity index (χ0n) is 39.0. The molecule has 2 aromatic heterocycles. The third-order valence-corrected chi connectivity index (χ3v) is 15.5. The number of anilines is 3. The van der Waals surface area contributed by atoms with Crippen molar-refractivity contribution in [2.75, 3.05) is 4.90 Å². The minimum atomic E-state index is -0.161. The minimum Gasteiger partial charge on any atom is -0.456 e. The van der Waals surface area contributed by atoms with E-state index in [0.29, 0.717) is 0 Å². The van der Waals surface area contributed by atoms with Crippen molar-refractivity contribution in [2.45, 2.75) is 38.5 Å². The van der Waals surface area contributed by atoms with E-state index in [4.69, 9.17) is 8.83 Å². The van der Waals surface area contributed by atoms with Crippen LogP contribution in [-0.4, -0.2) is 0 Å². The third kappa shape index (κ3) is 5.87. The molecule has 0 fully saturated rings. The Hall–Kier alpha value is -8.40. The first-order valence-electron chi connectivity index (χ1n) is 24.1. The van der Waals surface area contributed by atoms with Crippen LogP contribution in [0.5, 0.6) is 0 Å². The summed E-state index contributed by atoms with van der Waals surface area (Å²) >= 11 is 0. The normalized spacial score (nSPS) is 14.0. The molecule has 14 rings (SSSR count). The third-order valence-electron chi connectivity index (χ3n) is 15.5. The van der Waals surface area contributed by atoms with Gasteiger partial charge in [-0.15, -0.1) is 0 Å². The Labute approximate surface area is 401 Å². The lowest BCUT2D eigenvalue weighted by molar-refractivity contribution is 0.660. The molecule has 12 aromatic rings. The fourth-order valence-electron chi connectivity index (χ4n) is 12.0. The average molecular weight is 886 g/mol. The van der Waals surface area contributed by atoms with Crippen molar-refractivity contribution in [2.24, 2.45) is 0 Å². The smallest absolute Gasteiger partial charge is 0.143 e. The van der Waals surface area contributed by atoms with Crippen LogP contribution in [0.3, 0.4) is 0 Å². The van der Waals surface area contributed by atoms with E-state index < -0.39 is 0 Å². The van der Waals surface area contributed by atoms with Crippen LogP contribution < -0.4 is 4.90 Å². The molecule has 0 atom stereocenters. The van der Waals surface area contributed by atoms with Crippen LogP contribution in [0.1, 0.15) is 49.9 Å². The quantitative estimate of drug-likeness (QED) is 0.167. The maximum atomic E-state index is 6.48. The molecular weight excluding hydrogens is 839 g/mol. The Morgan fingerprint density at radius 2 is 0.826 bits per heavy atom. The zero-order chi connectivity index (χ0) is 46.2. The second kappa shape index (κ2) is 14.6. The topological polar surface area (TPSA) is 29.5 Å². The van der Waals surface area contributed by atoms with Crippen molar-refractivity contribution < 1.29 is 8.83 Å². The average Bonchev–Trinajstić information content (AvgIpc) is 4.09. The van der Waals surface area contributed by atoms with E-state index in [1.807, 2.05) is 18.2 Å². The summed E-state index contributed by atoms with van der Waals surface area (Å²) in [6.07, 6.45) is 0. The molecule has 3 heteroatoms. The number of rotatable bonds is 6. The van der Waals surface area contributed by atoms with E-state index in [-0.39, 0.29) is 10.8 Å². The number of hydrogen-bond acceptors (Lipinski definition) is 3. The number of hydrogen-bond donors (Lipinski definition) is 0. The van der Waals surface area contributed by atoms with Crippen LogP contribution in [-0.2, 0) is 10.8 Å². The number of furan rings is 2. The Kier molecular flexibility index (Phi) is 8.38. The molecule has 0 spiro atoms. The summed E-state index contributed by atoms with van der Waals surface area (Å²) in [4.78, 5) is 2.41. The van der Waals surface area contributed by atoms with Crippen molar-refractivity contribution >= 4 is 60.9 Å². The van der Waals surface area contributed by atoms with Crippen molar-refractivity contribution in [3.63, 3.8) is 0 Å². The number of nitrogens with zero attached hydrogens (tertiary/aromatic N) is 1. The summed E-state index contributed by atoms with van der Waals surface area (Å²) in [6.45, 7) is 9.43. The molecule has 2 heterocycles. The summed E-state index contributed by atoms with van der Waals surface area (Å²) in [5.74, 6) is 0. The van der Waals surface area contributed by atoms with Crippen molar-refractivity contribution in [3.05, 3.63) is 235 Å². The highest BCUT2D eigenvalue weighted by Crippen LogP contribution is 2.53. The molecule has 0 amide bonds. The SMILES string of the molecule is CC1(C)c2ccc(-c3ccc(N(c4ccc(-c5cccc6oc7ccccc7c56)cc4)c4ccc5c(c4)C(C)(C)c4ccccc4-5)cc3)cc2-c2ccc(-c3cccc4c3oc3ccccc34)cc21. The molecule has 10 aromatic carbocycles. The van der Waals surface area contributed by atoms with Gasteiger partial charge in [0.1, 0.15) is 22.3 Å². The summed E-state index contributed by atoms with van der Waals surface area (Å²) in [7, 11) is 0. The first kappa shape index (κ1) is 39.7. The number of fused-ring (bicyclic) bond motifs is 12. The minimum absolute atomic E-state index is 0.127. The predicted octanol–water partition coefficient (Wildman–Crippen LogP) is 18.6. The Bertz CT molecular complexity index is 4070. The Balaban J connectivity index is 0.840. The molecule has 2 aliphatic carbocycles. The monoisotopic (exact) mass is 885 g/mol. The molecule has 0 saturated heterocycles. The molecule has 0 aliphatic heterocycles. The van der Waals surface area contributed by atoms with Crippen LogP contribution in [0.4, 0.5) is 17.1 Å². The van der Waals surface area contributed by atoms with E-state index in [1.54, 1.807) is 0 Å². The maximum Gasteiger partial charge on any atom is 0.143 e. The van der Waals surface area contributed by atoms with Crippen molar-refractivity contribution in [1.82, 2.24) is 0 Å². The molecule has 0 bridgehead atoms. The maximum absolute atomic E-state index is 6.48. The van der Waals surface area contributed by atoms with E-state index in [2.05, 4.69) is 227 Å². The highest BCUT2D eigenvalue weighted by molar-refractivity contribution is 6.13. The second-order valence-electron chi connectivity index (χ2n) is 20.0. The van der Waals surface area contributed by atoms with Gasteiger partial charge >= 0.3 is 0 Å². The Morgan fingerprint density at radius 1 is 0.304 bits per heavy atom.